The van der Waals surface area contributed by atoms with Gasteiger partial charge >= 0.3 is 0 Å². The van der Waals surface area contributed by atoms with E-state index in [-0.39, 0.29) is 76.1 Å². The third-order valence-electron chi connectivity index (χ3n) is 28.9. The van der Waals surface area contributed by atoms with Crippen molar-refractivity contribution in [2.24, 2.45) is 77.8 Å². The van der Waals surface area contributed by atoms with Gasteiger partial charge in [0.25, 0.3) is 35.4 Å². The summed E-state index contributed by atoms with van der Waals surface area (Å²) in [5.74, 6) is 1.92. The lowest BCUT2D eigenvalue weighted by atomic mass is 10.1. The SMILES string of the molecule is C.C[C@@H]1C[C@]1(NC(=O)c1cc2cc(Br)ccc2[nH]1)c1cnn(C)c1.C[C@@H]1C[C@]1(NC(=O)c1cc2cc(C#N)ccc2[nH]1)c1cnn(C)c1.C[C@@H]1C[C@]1(NC(=O)c1cc2cc(Cl)ccc2[nH]1)c1cnn(C)c1.C[C@H]1C[C@@]1(NC(=O)c1cc2cc(Br)ccc2[nH]1)c1ccn(C)c1.C[C@H]1C[C@@]1(NC(=O)c1cc2cc(C#N)ccc2[nH]1)c1ccn(C)c1.C[C@H]1C[C@@]1(NC(=O)c1cc2cc(Cl)ccc2[nH]1)c1ccn(C)c1. The molecule has 6 aliphatic carbocycles. The van der Waals surface area contributed by atoms with E-state index in [1.807, 2.05) is 221 Å². The number of amides is 6. The largest absolute Gasteiger partial charge is 0.357 e. The molecule has 6 fully saturated rings. The van der Waals surface area contributed by atoms with Crippen molar-refractivity contribution in [1.29, 1.82) is 10.5 Å². The number of nitriles is 2. The molecule has 12 heterocycles. The summed E-state index contributed by atoms with van der Waals surface area (Å²) in [6.45, 7) is 12.9. The lowest BCUT2D eigenvalue weighted by molar-refractivity contribution is 0.0914. The molecule has 0 bridgehead atoms. The van der Waals surface area contributed by atoms with Crippen molar-refractivity contribution in [3.8, 4) is 12.1 Å². The van der Waals surface area contributed by atoms with E-state index in [0.717, 1.165) is 135 Å². The molecule has 6 aromatic carbocycles. The van der Waals surface area contributed by atoms with E-state index in [1.165, 1.54) is 11.1 Å². The van der Waals surface area contributed by atoms with Crippen molar-refractivity contribution < 1.29 is 28.8 Å². The maximum Gasteiger partial charge on any atom is 0.268 e. The Kier molecular flexibility index (Phi) is 25.7. The topological polar surface area (TPSA) is 385 Å². The van der Waals surface area contributed by atoms with Crippen LogP contribution >= 0.6 is 55.1 Å². The summed E-state index contributed by atoms with van der Waals surface area (Å²) in [4.78, 5) is 95.2. The molecule has 12 atom stereocenters. The first-order valence-corrected chi connectivity index (χ1v) is 48.8. The van der Waals surface area contributed by atoms with Crippen molar-refractivity contribution in [3.05, 3.63) is 336 Å². The molecule has 12 N–H and O–H groups in total. The minimum atomic E-state index is -0.333. The Morgan fingerprint density at radius 3 is 0.738 bits per heavy atom. The van der Waals surface area contributed by atoms with Crippen LogP contribution in [0.3, 0.4) is 0 Å². The number of hydrogen-bond acceptors (Lipinski definition) is 11. The number of aryl methyl sites for hydroxylation is 6. The van der Waals surface area contributed by atoms with Crippen LogP contribution in [0.4, 0.5) is 0 Å². The second-order valence-electron chi connectivity index (χ2n) is 38.9. The number of aromatic amines is 6. The summed E-state index contributed by atoms with van der Waals surface area (Å²) >= 11 is 18.9. The van der Waals surface area contributed by atoms with E-state index in [1.54, 1.807) is 50.4 Å². The number of nitrogens with zero attached hydrogens (tertiary/aromatic N) is 11. The molecule has 33 heteroatoms. The van der Waals surface area contributed by atoms with Gasteiger partial charge in [0.1, 0.15) is 34.2 Å². The summed E-state index contributed by atoms with van der Waals surface area (Å²) in [5, 5.41) is 56.9. The summed E-state index contributed by atoms with van der Waals surface area (Å²) < 4.78 is 13.3. The fourth-order valence-electron chi connectivity index (χ4n) is 19.9. The second kappa shape index (κ2) is 37.5. The van der Waals surface area contributed by atoms with Gasteiger partial charge in [-0.2, -0.15) is 25.8 Å². The number of hydrogen-bond donors (Lipinski definition) is 12. The number of benzene rings is 6. The molecule has 24 rings (SSSR count). The van der Waals surface area contributed by atoms with Crippen LogP contribution in [0.1, 0.15) is 195 Å². The zero-order valence-corrected chi connectivity index (χ0v) is 83.8. The summed E-state index contributed by atoms with van der Waals surface area (Å²) in [6.07, 6.45) is 29.3. The van der Waals surface area contributed by atoms with Gasteiger partial charge in [-0.3, -0.25) is 42.8 Å². The number of aromatic nitrogens is 15. The Morgan fingerprint density at radius 2 is 0.532 bits per heavy atom. The van der Waals surface area contributed by atoms with Crippen molar-refractivity contribution in [1.82, 2.24) is 105 Å². The van der Waals surface area contributed by atoms with Crippen LogP contribution < -0.4 is 31.9 Å². The Balaban J connectivity index is 0.000000112. The molecule has 6 amide bonds. The minimum absolute atomic E-state index is 0. The van der Waals surface area contributed by atoms with E-state index in [4.69, 9.17) is 33.7 Å². The highest BCUT2D eigenvalue weighted by Crippen LogP contribution is 2.57. The number of H-pyrrole nitrogens is 6. The minimum Gasteiger partial charge on any atom is -0.357 e. The molecule has 18 aromatic rings. The highest BCUT2D eigenvalue weighted by molar-refractivity contribution is 9.10. The molecule has 6 aliphatic rings. The number of fused-ring (bicyclic) bond motifs is 6. The maximum atomic E-state index is 12.7. The van der Waals surface area contributed by atoms with Gasteiger partial charge in [0.2, 0.25) is 0 Å². The van der Waals surface area contributed by atoms with Gasteiger partial charge in [-0.1, -0.05) is 104 Å². The van der Waals surface area contributed by atoms with Crippen molar-refractivity contribution in [2.45, 2.75) is 121 Å². The van der Waals surface area contributed by atoms with E-state index in [0.29, 0.717) is 90.8 Å². The van der Waals surface area contributed by atoms with Crippen LogP contribution in [0.25, 0.3) is 65.4 Å². The number of halogens is 4. The van der Waals surface area contributed by atoms with Gasteiger partial charge < -0.3 is 75.5 Å². The molecule has 0 saturated heterocycles. The molecule has 12 aromatic heterocycles. The summed E-state index contributed by atoms with van der Waals surface area (Å²) in [7, 11) is 11.6. The smallest absolute Gasteiger partial charge is 0.268 e. The Hall–Kier alpha value is -14.6. The fourth-order valence-corrected chi connectivity index (χ4v) is 21.0. The predicted octanol–water partition coefficient (Wildman–Crippen LogP) is 20.4. The monoisotopic (exact) mass is 2050 g/mol. The maximum absolute atomic E-state index is 12.7. The van der Waals surface area contributed by atoms with Gasteiger partial charge in [-0.25, -0.2) is 0 Å². The van der Waals surface area contributed by atoms with Crippen LogP contribution in [0.5, 0.6) is 0 Å². The lowest BCUT2D eigenvalue weighted by Gasteiger charge is -2.17. The average molecular weight is 2060 g/mol. The van der Waals surface area contributed by atoms with Crippen LogP contribution in [-0.4, -0.2) is 108 Å². The van der Waals surface area contributed by atoms with Crippen LogP contribution in [0.15, 0.2) is 247 Å². The highest BCUT2D eigenvalue weighted by atomic mass is 79.9. The first-order chi connectivity index (χ1) is 66.9. The fraction of sp³-hybridized carbons (Fsp3) is 0.287. The standard InChI is InChI=1S/C19H18N4O.C18H18BrN3O.C18H18ClN3O.C18H17N5O.C17H17BrN4O.C17H17ClN4O.CH4/c1-12-9-19(12,15-5-6-23(2)11-15)22-18(24)17-8-14-7-13(10-20)3-4-16(14)21-17;2*1-11-9-18(11,13-5-6-22(2)10-13)21-17(23)16-8-12-7-14(19)3-4-15(12)20-16;1-11-7-18(11,14-9-20-23(2)10-14)22-17(24)16-6-13-5-12(8-19)3-4-15(13)21-16;2*1-10-7-17(10,12-8-19-22(2)9-12)21-16(23)15-6-11-5-13(18)3-4-14(11)20-15;/h3-8,11-12,21H,9H2,1-2H3,(H,22,24);2*3-8,10-11,20H,9H2,1-2H3,(H,21,23);3-6,9-11,21H,7H2,1-2H3,(H,22,24);2*3-6,8-10,20H,7H2,1-2H3,(H,21,23);1H4/t12-,19-;3*11-,18-;2*10-,17-;/m000111./s1. The highest BCUT2D eigenvalue weighted by Gasteiger charge is 2.59. The van der Waals surface area contributed by atoms with E-state index >= 15 is 0 Å². The third-order valence-corrected chi connectivity index (χ3v) is 30.3. The molecule has 720 valence electrons. The predicted molar refractivity (Wildman–Crippen MR) is 555 cm³/mol. The van der Waals surface area contributed by atoms with Crippen LogP contribution in [0.2, 0.25) is 10.0 Å². The quantitative estimate of drug-likeness (QED) is 0.0383. The molecule has 29 nitrogen and oxygen atoms in total. The Bertz CT molecular complexity index is 7260. The first-order valence-electron chi connectivity index (χ1n) is 46.4. The van der Waals surface area contributed by atoms with Crippen molar-refractivity contribution in [3.63, 3.8) is 0 Å². The third kappa shape index (κ3) is 19.4. The number of rotatable bonds is 18. The Morgan fingerprint density at radius 1 is 0.319 bits per heavy atom. The zero-order chi connectivity index (χ0) is 98.6. The summed E-state index contributed by atoms with van der Waals surface area (Å²) in [5.41, 5.74) is 14.9. The van der Waals surface area contributed by atoms with Gasteiger partial charge in [-0.15, -0.1) is 0 Å². The van der Waals surface area contributed by atoms with E-state index < -0.39 is 0 Å². The number of carbonyl (C=O) groups excluding carboxylic acids is 6. The van der Waals surface area contributed by atoms with Gasteiger partial charge in [-0.05, 0) is 255 Å². The molecule has 0 spiro atoms. The lowest BCUT2D eigenvalue weighted by Crippen LogP contribution is -2.36. The molecular weight excluding hydrogens is 1950 g/mol. The van der Waals surface area contributed by atoms with E-state index in [9.17, 15) is 28.8 Å². The summed E-state index contributed by atoms with van der Waals surface area (Å²) in [6, 6.07) is 55.2. The van der Waals surface area contributed by atoms with Gasteiger partial charge in [0.15, 0.2) is 0 Å². The number of carbonyl (C=O) groups is 6. The molecule has 141 heavy (non-hydrogen) atoms. The van der Waals surface area contributed by atoms with E-state index in [2.05, 4.69) is 199 Å². The van der Waals surface area contributed by atoms with Gasteiger partial charge in [0.05, 0.1) is 75.1 Å². The first kappa shape index (κ1) is 96.6. The molecule has 0 aliphatic heterocycles. The van der Waals surface area contributed by atoms with Crippen LogP contribution in [-0.2, 0) is 75.5 Å². The van der Waals surface area contributed by atoms with Crippen LogP contribution in [0, 0.1) is 58.2 Å². The zero-order valence-electron chi connectivity index (χ0n) is 79.1. The van der Waals surface area contributed by atoms with Crippen molar-refractivity contribution >= 4 is 156 Å². The Labute approximate surface area is 840 Å². The average Bonchev–Trinajstić information content (AvgIpc) is 1.60. The van der Waals surface area contributed by atoms with Crippen molar-refractivity contribution in [2.75, 3.05) is 0 Å². The molecular formula is C108H109Br2Cl2N23O6. The molecule has 0 unspecified atom stereocenters. The molecule has 0 radical (unpaired) electrons. The second-order valence-corrected chi connectivity index (χ2v) is 41.6. The normalized spacial score (nSPS) is 22.7. The molecule has 6 saturated carbocycles. The van der Waals surface area contributed by atoms with Gasteiger partial charge in [0, 0.05) is 199 Å². The number of nitrogens with one attached hydrogen (secondary N) is 12.